The van der Waals surface area contributed by atoms with Gasteiger partial charge in [-0.3, -0.25) is 4.79 Å². The Kier molecular flexibility index (Phi) is 4.16. The molecule has 1 aromatic carbocycles. The van der Waals surface area contributed by atoms with Gasteiger partial charge in [-0.05, 0) is 42.2 Å². The Hall–Kier alpha value is -1.20. The Morgan fingerprint density at radius 3 is 2.29 bits per heavy atom. The highest BCUT2D eigenvalue weighted by Gasteiger charge is 2.54. The number of hydrogen-bond acceptors (Lipinski definition) is 3. The second kappa shape index (κ2) is 5.67. The molecule has 1 heterocycles. The molecule has 2 fully saturated rings. The van der Waals surface area contributed by atoms with Crippen LogP contribution in [0.2, 0.25) is 0 Å². The highest BCUT2D eigenvalue weighted by molar-refractivity contribution is 7.89. The highest BCUT2D eigenvalue weighted by atomic mass is 32.2. The van der Waals surface area contributed by atoms with Crippen LogP contribution in [0, 0.1) is 23.7 Å². The predicted molar refractivity (Wildman–Crippen MR) is 94.2 cm³/mol. The molecule has 0 amide bonds. The first-order valence-electron chi connectivity index (χ1n) is 8.65. The predicted octanol–water partition coefficient (Wildman–Crippen LogP) is 3.40. The molecule has 5 heteroatoms. The number of piperidine rings is 1. The van der Waals surface area contributed by atoms with Crippen LogP contribution in [0.5, 0.6) is 0 Å². The third kappa shape index (κ3) is 2.93. The van der Waals surface area contributed by atoms with Crippen LogP contribution in [0.1, 0.15) is 45.6 Å². The van der Waals surface area contributed by atoms with Crippen LogP contribution in [0.15, 0.2) is 29.2 Å². The van der Waals surface area contributed by atoms with E-state index in [4.69, 9.17) is 0 Å². The van der Waals surface area contributed by atoms with Gasteiger partial charge in [-0.2, -0.15) is 4.31 Å². The molecule has 1 saturated heterocycles. The Morgan fingerprint density at radius 1 is 1.08 bits per heavy atom. The van der Waals surface area contributed by atoms with Gasteiger partial charge in [0.05, 0.1) is 4.90 Å². The normalized spacial score (nSPS) is 31.5. The fraction of sp³-hybridized carbons (Fsp3) is 0.632. The van der Waals surface area contributed by atoms with Crippen molar-refractivity contribution < 1.29 is 13.2 Å². The number of carbonyl (C=O) groups excluding carboxylic acids is 1. The topological polar surface area (TPSA) is 54.5 Å². The first-order chi connectivity index (χ1) is 11.1. The monoisotopic (exact) mass is 349 g/mol. The SMILES string of the molecule is Cc1ccc(S(=O)(=O)N2CC3(C)CC(=O)CC(C(C)C)(C2)C3)cc1. The van der Waals surface area contributed by atoms with Gasteiger partial charge in [-0.15, -0.1) is 0 Å². The number of carbonyl (C=O) groups is 1. The second-order valence-electron chi connectivity index (χ2n) is 8.48. The molecule has 1 aliphatic heterocycles. The van der Waals surface area contributed by atoms with Crippen LogP contribution in [0.4, 0.5) is 0 Å². The zero-order valence-electron chi connectivity index (χ0n) is 15.0. The molecule has 2 atom stereocenters. The number of fused-ring (bicyclic) bond motifs is 2. The molecular formula is C19H27NO3S. The molecule has 132 valence electrons. The van der Waals surface area contributed by atoms with Crippen LogP contribution >= 0.6 is 0 Å². The van der Waals surface area contributed by atoms with E-state index >= 15 is 0 Å². The summed E-state index contributed by atoms with van der Waals surface area (Å²) in [6.45, 7) is 9.12. The Morgan fingerprint density at radius 2 is 1.71 bits per heavy atom. The number of aryl methyl sites for hydroxylation is 1. The van der Waals surface area contributed by atoms with E-state index in [2.05, 4.69) is 20.8 Å². The summed E-state index contributed by atoms with van der Waals surface area (Å²) in [5, 5.41) is 0. The average molecular weight is 349 g/mol. The molecule has 2 aliphatic rings. The minimum atomic E-state index is -3.53. The van der Waals surface area contributed by atoms with Crippen molar-refractivity contribution in [2.75, 3.05) is 13.1 Å². The summed E-state index contributed by atoms with van der Waals surface area (Å²) < 4.78 is 28.0. The van der Waals surface area contributed by atoms with Gasteiger partial charge in [0.1, 0.15) is 5.78 Å². The highest BCUT2D eigenvalue weighted by Crippen LogP contribution is 2.53. The van der Waals surface area contributed by atoms with E-state index in [1.807, 2.05) is 19.1 Å². The number of ketones is 1. The van der Waals surface area contributed by atoms with E-state index in [-0.39, 0.29) is 22.5 Å². The van der Waals surface area contributed by atoms with Gasteiger partial charge in [-0.1, -0.05) is 38.5 Å². The summed E-state index contributed by atoms with van der Waals surface area (Å²) >= 11 is 0. The minimum absolute atomic E-state index is 0.236. The van der Waals surface area contributed by atoms with Gasteiger partial charge < -0.3 is 0 Å². The van der Waals surface area contributed by atoms with Crippen molar-refractivity contribution in [2.45, 2.75) is 51.9 Å². The molecule has 0 radical (unpaired) electrons. The van der Waals surface area contributed by atoms with Crippen LogP contribution in [-0.2, 0) is 14.8 Å². The first kappa shape index (κ1) is 17.6. The number of rotatable bonds is 3. The molecule has 2 bridgehead atoms. The third-order valence-corrected chi connectivity index (χ3v) is 7.69. The van der Waals surface area contributed by atoms with Crippen molar-refractivity contribution in [3.63, 3.8) is 0 Å². The van der Waals surface area contributed by atoms with Gasteiger partial charge in [0.2, 0.25) is 10.0 Å². The van der Waals surface area contributed by atoms with Gasteiger partial charge in [0, 0.05) is 25.9 Å². The lowest BCUT2D eigenvalue weighted by Gasteiger charge is -2.55. The third-order valence-electron chi connectivity index (χ3n) is 5.88. The molecule has 24 heavy (non-hydrogen) atoms. The Labute approximate surface area is 145 Å². The molecule has 4 nitrogen and oxygen atoms in total. The maximum Gasteiger partial charge on any atom is 0.243 e. The zero-order chi connectivity index (χ0) is 17.8. The minimum Gasteiger partial charge on any atom is -0.300 e. The zero-order valence-corrected chi connectivity index (χ0v) is 15.8. The number of nitrogens with zero attached hydrogens (tertiary/aromatic N) is 1. The van der Waals surface area contributed by atoms with Crippen molar-refractivity contribution in [3.8, 4) is 0 Å². The van der Waals surface area contributed by atoms with Crippen molar-refractivity contribution in [2.24, 2.45) is 16.7 Å². The molecule has 1 aromatic rings. The van der Waals surface area contributed by atoms with E-state index in [9.17, 15) is 13.2 Å². The largest absolute Gasteiger partial charge is 0.300 e. The van der Waals surface area contributed by atoms with Crippen LogP contribution in [0.3, 0.4) is 0 Å². The number of benzene rings is 1. The summed E-state index contributed by atoms with van der Waals surface area (Å²) in [6.07, 6.45) is 1.92. The average Bonchev–Trinajstić information content (AvgIpc) is 2.45. The maximum absolute atomic E-state index is 13.2. The van der Waals surface area contributed by atoms with Crippen molar-refractivity contribution in [3.05, 3.63) is 29.8 Å². The molecule has 1 saturated carbocycles. The van der Waals surface area contributed by atoms with Crippen molar-refractivity contribution in [1.29, 1.82) is 0 Å². The molecule has 0 aromatic heterocycles. The summed E-state index contributed by atoms with van der Waals surface area (Å²) in [5.41, 5.74) is 0.552. The van der Waals surface area contributed by atoms with E-state index in [1.54, 1.807) is 16.4 Å². The lowest BCUT2D eigenvalue weighted by atomic mass is 9.56. The molecule has 0 spiro atoms. The van der Waals surface area contributed by atoms with E-state index in [0.717, 1.165) is 12.0 Å². The van der Waals surface area contributed by atoms with Crippen molar-refractivity contribution in [1.82, 2.24) is 4.31 Å². The second-order valence-corrected chi connectivity index (χ2v) is 10.4. The van der Waals surface area contributed by atoms with Gasteiger partial charge >= 0.3 is 0 Å². The molecule has 2 unspecified atom stereocenters. The number of Topliss-reactive ketones (excluding diaryl/α,β-unsaturated/α-hetero) is 1. The lowest BCUT2D eigenvalue weighted by molar-refractivity contribution is -0.136. The molecule has 1 aliphatic carbocycles. The van der Waals surface area contributed by atoms with Crippen LogP contribution < -0.4 is 0 Å². The molecule has 3 rings (SSSR count). The fourth-order valence-corrected chi connectivity index (χ4v) is 6.27. The first-order valence-corrected chi connectivity index (χ1v) is 10.1. The van der Waals surface area contributed by atoms with Gasteiger partial charge in [-0.25, -0.2) is 8.42 Å². The quantitative estimate of drug-likeness (QED) is 0.840. The van der Waals surface area contributed by atoms with E-state index < -0.39 is 10.0 Å². The van der Waals surface area contributed by atoms with Crippen molar-refractivity contribution >= 4 is 15.8 Å². The van der Waals surface area contributed by atoms with Crippen LogP contribution in [-0.4, -0.2) is 31.6 Å². The lowest BCUT2D eigenvalue weighted by Crippen LogP contribution is -2.59. The number of hydrogen-bond donors (Lipinski definition) is 0. The standard InChI is InChI=1S/C19H27NO3S/c1-14(2)19-10-16(21)9-18(4,11-19)12-20(13-19)24(22,23)17-7-5-15(3)6-8-17/h5-8,14H,9-13H2,1-4H3. The Bertz CT molecular complexity index is 753. The van der Waals surface area contributed by atoms with E-state index in [0.29, 0.717) is 30.8 Å². The van der Waals surface area contributed by atoms with Gasteiger partial charge in [0.25, 0.3) is 0 Å². The van der Waals surface area contributed by atoms with Crippen LogP contribution in [0.25, 0.3) is 0 Å². The summed E-state index contributed by atoms with van der Waals surface area (Å²) in [4.78, 5) is 12.6. The number of sulfonamides is 1. The summed E-state index contributed by atoms with van der Waals surface area (Å²) in [6, 6.07) is 7.04. The Balaban J connectivity index is 2.00. The summed E-state index contributed by atoms with van der Waals surface area (Å²) in [7, 11) is -3.53. The van der Waals surface area contributed by atoms with E-state index in [1.165, 1.54) is 0 Å². The fourth-order valence-electron chi connectivity index (χ4n) is 4.58. The summed E-state index contributed by atoms with van der Waals surface area (Å²) in [5.74, 6) is 0.557. The molecular weight excluding hydrogens is 322 g/mol. The smallest absolute Gasteiger partial charge is 0.243 e. The molecule has 0 N–H and O–H groups in total. The van der Waals surface area contributed by atoms with Gasteiger partial charge in [0.15, 0.2) is 0 Å². The maximum atomic E-state index is 13.2.